The molecule has 12 heteroatoms. The Balaban J connectivity index is 1.55. The molecule has 34 heavy (non-hydrogen) atoms. The average Bonchev–Trinajstić information content (AvgIpc) is 2.77. The molecule has 0 aromatic carbocycles. The van der Waals surface area contributed by atoms with E-state index in [1.54, 1.807) is 0 Å². The molecule has 0 aromatic rings. The molecule has 0 aromatic heterocycles. The van der Waals surface area contributed by atoms with Crippen molar-refractivity contribution in [2.24, 2.45) is 0 Å². The molecule has 3 aliphatic rings. The van der Waals surface area contributed by atoms with Gasteiger partial charge in [-0.25, -0.2) is 0 Å². The topological polar surface area (TPSA) is 197 Å². The van der Waals surface area contributed by atoms with Crippen molar-refractivity contribution in [3.8, 4) is 0 Å². The summed E-state index contributed by atoms with van der Waals surface area (Å²) < 4.78 is 15.2. The Labute approximate surface area is 193 Å². The van der Waals surface area contributed by atoms with Crippen LogP contribution in [-0.2, 0) is 33.4 Å². The van der Waals surface area contributed by atoms with Crippen LogP contribution in [0.5, 0.6) is 0 Å². The predicted molar refractivity (Wildman–Crippen MR) is 109 cm³/mol. The van der Waals surface area contributed by atoms with Crippen molar-refractivity contribution < 1.29 is 58.9 Å². The maximum atomic E-state index is 12.2. The zero-order chi connectivity index (χ0) is 25.1. The van der Waals surface area contributed by atoms with Crippen LogP contribution in [-0.4, -0.2) is 97.6 Å². The lowest BCUT2D eigenvalue weighted by Gasteiger charge is -2.39. The lowest BCUT2D eigenvalue weighted by atomic mass is 9.94. The van der Waals surface area contributed by atoms with Gasteiger partial charge in [-0.15, -0.1) is 0 Å². The normalized spacial score (nSPS) is 31.4. The van der Waals surface area contributed by atoms with Crippen LogP contribution in [0, 0.1) is 0 Å². The van der Waals surface area contributed by atoms with E-state index >= 15 is 0 Å². The number of esters is 2. The zero-order valence-electron chi connectivity index (χ0n) is 17.7. The lowest BCUT2D eigenvalue weighted by molar-refractivity contribution is -0.294. The summed E-state index contributed by atoms with van der Waals surface area (Å²) in [6.07, 6.45) is -1.02. The van der Waals surface area contributed by atoms with Gasteiger partial charge in [-0.05, 0) is 48.6 Å². The summed E-state index contributed by atoms with van der Waals surface area (Å²) in [5.41, 5.74) is -3.54. The molecule has 0 saturated carbocycles. The first-order chi connectivity index (χ1) is 15.9. The van der Waals surface area contributed by atoms with E-state index < -0.39 is 73.3 Å². The van der Waals surface area contributed by atoms with Crippen molar-refractivity contribution >= 4 is 23.5 Å². The van der Waals surface area contributed by atoms with Crippen LogP contribution in [0.2, 0.25) is 0 Å². The molecule has 1 fully saturated rings. The third-order valence-electron chi connectivity index (χ3n) is 5.32. The van der Waals surface area contributed by atoms with E-state index in [2.05, 4.69) is 0 Å². The van der Waals surface area contributed by atoms with Crippen LogP contribution in [0.15, 0.2) is 48.6 Å². The highest BCUT2D eigenvalue weighted by atomic mass is 16.7. The van der Waals surface area contributed by atoms with Crippen molar-refractivity contribution in [1.82, 2.24) is 0 Å². The van der Waals surface area contributed by atoms with Crippen LogP contribution in [0.25, 0.3) is 0 Å². The molecule has 12 nitrogen and oxygen atoms in total. The number of carbonyl (C=O) groups excluding carboxylic acids is 4. The van der Waals surface area contributed by atoms with Crippen LogP contribution in [0.1, 0.15) is 12.8 Å². The number of rotatable bonds is 7. The number of allylic oxidation sites excluding steroid dienone is 4. The molecule has 184 valence electrons. The number of aliphatic hydroxyl groups excluding tert-OH is 3. The molecule has 1 aliphatic heterocycles. The second-order valence-corrected chi connectivity index (χ2v) is 8.16. The number of carbonyl (C=O) groups is 4. The molecule has 0 spiro atoms. The van der Waals surface area contributed by atoms with Crippen LogP contribution < -0.4 is 0 Å². The van der Waals surface area contributed by atoms with Gasteiger partial charge in [0, 0.05) is 0 Å². The number of hydrogen-bond donors (Lipinski definition) is 5. The predicted octanol–water partition coefficient (Wildman–Crippen LogP) is -2.49. The van der Waals surface area contributed by atoms with E-state index in [0.717, 1.165) is 48.6 Å². The minimum absolute atomic E-state index is 0.360. The van der Waals surface area contributed by atoms with Gasteiger partial charge in [0.05, 0.1) is 12.8 Å². The summed E-state index contributed by atoms with van der Waals surface area (Å²) in [7, 11) is 0. The van der Waals surface area contributed by atoms with E-state index in [9.17, 15) is 44.7 Å². The maximum absolute atomic E-state index is 12.2. The highest BCUT2D eigenvalue weighted by Crippen LogP contribution is 2.26. The Morgan fingerprint density at radius 2 is 1.26 bits per heavy atom. The molecule has 0 bridgehead atoms. The molecular formula is C22H24O12. The molecule has 5 N–H and O–H groups in total. The second-order valence-electron chi connectivity index (χ2n) is 8.16. The summed E-state index contributed by atoms with van der Waals surface area (Å²) in [5.74, 6) is -2.72. The zero-order valence-corrected chi connectivity index (χ0v) is 17.7. The lowest BCUT2D eigenvalue weighted by Crippen LogP contribution is -2.59. The number of hydrogen-bond acceptors (Lipinski definition) is 12. The van der Waals surface area contributed by atoms with Gasteiger partial charge in [0.1, 0.15) is 42.2 Å². The standard InChI is InChI=1S/C22H24O12/c23-12-1-5-21(30,6-2-12)9-15(25)32-11-14-17(27)18(28)19(29)20(33-14)34-16(26)10-22(31)7-3-13(24)4-8-22/h1-8,14,17-20,27-31H,9-11H2/t14-,17-,18+,19-,20+/m1/s1. The number of ether oxygens (including phenoxy) is 3. The summed E-state index contributed by atoms with van der Waals surface area (Å²) in [5, 5.41) is 50.9. The van der Waals surface area contributed by atoms with Crippen LogP contribution in [0.4, 0.5) is 0 Å². The fourth-order valence-corrected chi connectivity index (χ4v) is 3.38. The molecule has 0 radical (unpaired) electrons. The Morgan fingerprint density at radius 1 is 0.794 bits per heavy atom. The first kappa shape index (κ1) is 25.6. The maximum Gasteiger partial charge on any atom is 0.311 e. The van der Waals surface area contributed by atoms with Gasteiger partial charge in [-0.2, -0.15) is 0 Å². The smallest absolute Gasteiger partial charge is 0.311 e. The van der Waals surface area contributed by atoms with Gasteiger partial charge in [0.15, 0.2) is 11.6 Å². The molecule has 3 rings (SSSR count). The van der Waals surface area contributed by atoms with Crippen LogP contribution in [0.3, 0.4) is 0 Å². The molecule has 1 heterocycles. The Kier molecular flexibility index (Phi) is 7.60. The SMILES string of the molecule is O=C1C=CC(O)(CC(=O)OC[C@H]2O[C@@H](OC(=O)CC3(O)C=CC(=O)C=C3)[C@H](O)[C@@H](O)[C@@H]2O)C=C1. The van der Waals surface area contributed by atoms with Crippen molar-refractivity contribution in [3.63, 3.8) is 0 Å². The van der Waals surface area contributed by atoms with Gasteiger partial charge >= 0.3 is 11.9 Å². The van der Waals surface area contributed by atoms with Gasteiger partial charge in [-0.1, -0.05) is 0 Å². The van der Waals surface area contributed by atoms with Gasteiger partial charge < -0.3 is 39.7 Å². The second kappa shape index (κ2) is 10.1. The van der Waals surface area contributed by atoms with Gasteiger partial charge in [0.2, 0.25) is 6.29 Å². The molecule has 0 unspecified atom stereocenters. The fraction of sp³-hybridized carbons (Fsp3) is 0.455. The first-order valence-electron chi connectivity index (χ1n) is 10.2. The molecule has 5 atom stereocenters. The summed E-state index contributed by atoms with van der Waals surface area (Å²) in [6, 6.07) is 0. The summed E-state index contributed by atoms with van der Waals surface area (Å²) >= 11 is 0. The molecular weight excluding hydrogens is 456 g/mol. The third-order valence-corrected chi connectivity index (χ3v) is 5.32. The quantitative estimate of drug-likeness (QED) is 0.241. The van der Waals surface area contributed by atoms with Gasteiger partial charge in [0.25, 0.3) is 0 Å². The highest BCUT2D eigenvalue weighted by Gasteiger charge is 2.46. The Morgan fingerprint density at radius 3 is 1.76 bits per heavy atom. The van der Waals surface area contributed by atoms with E-state index in [-0.39, 0.29) is 11.6 Å². The third kappa shape index (κ3) is 6.32. The van der Waals surface area contributed by atoms with E-state index in [1.165, 1.54) is 0 Å². The molecule has 2 aliphatic carbocycles. The van der Waals surface area contributed by atoms with Crippen molar-refractivity contribution in [2.45, 2.75) is 54.7 Å². The minimum atomic E-state index is -1.85. The average molecular weight is 480 g/mol. The van der Waals surface area contributed by atoms with Crippen molar-refractivity contribution in [3.05, 3.63) is 48.6 Å². The van der Waals surface area contributed by atoms with E-state index in [4.69, 9.17) is 14.2 Å². The Bertz CT molecular complexity index is 927. The summed E-state index contributed by atoms with van der Waals surface area (Å²) in [6.45, 7) is -0.627. The minimum Gasteiger partial charge on any atom is -0.463 e. The van der Waals surface area contributed by atoms with Crippen molar-refractivity contribution in [1.29, 1.82) is 0 Å². The van der Waals surface area contributed by atoms with Gasteiger partial charge in [-0.3, -0.25) is 19.2 Å². The highest BCUT2D eigenvalue weighted by molar-refractivity contribution is 6.01. The molecule has 1 saturated heterocycles. The molecule has 0 amide bonds. The summed E-state index contributed by atoms with van der Waals surface area (Å²) in [4.78, 5) is 46.7. The number of ketones is 2. The fourth-order valence-electron chi connectivity index (χ4n) is 3.38. The van der Waals surface area contributed by atoms with E-state index in [0.29, 0.717) is 0 Å². The monoisotopic (exact) mass is 480 g/mol. The van der Waals surface area contributed by atoms with E-state index in [1.807, 2.05) is 0 Å². The van der Waals surface area contributed by atoms with Crippen LogP contribution >= 0.6 is 0 Å². The first-order valence-corrected chi connectivity index (χ1v) is 10.2. The number of aliphatic hydroxyl groups is 5. The largest absolute Gasteiger partial charge is 0.463 e. The van der Waals surface area contributed by atoms with Crippen molar-refractivity contribution in [2.75, 3.05) is 6.61 Å². The Hall–Kier alpha value is -3.00.